The maximum atomic E-state index is 6.20. The monoisotopic (exact) mass is 447 g/mol. The molecule has 0 amide bonds. The summed E-state index contributed by atoms with van der Waals surface area (Å²) in [5.74, 6) is 1.73. The standard InChI is InChI=1S/C31H27O3/c1-3-32-24-17-13-22(14-18-24)28(23-15-19-25(20-16-23)33-4-2)21-29-26-9-5-7-11-30(26)34-31-12-8-6-10-27(29)31/h5-21H,3-4H2,1-2H3/q+1. The van der Waals surface area contributed by atoms with Gasteiger partial charge in [-0.3, -0.25) is 0 Å². The van der Waals surface area contributed by atoms with Gasteiger partial charge in [-0.25, -0.2) is 4.42 Å². The van der Waals surface area contributed by atoms with Crippen molar-refractivity contribution in [3.63, 3.8) is 0 Å². The highest BCUT2D eigenvalue weighted by atomic mass is 16.5. The Kier molecular flexibility index (Phi) is 6.26. The minimum Gasteiger partial charge on any atom is -0.494 e. The minimum absolute atomic E-state index is 0.645. The van der Waals surface area contributed by atoms with E-state index in [1.165, 1.54) is 0 Å². The maximum Gasteiger partial charge on any atom is 0.361 e. The van der Waals surface area contributed by atoms with Gasteiger partial charge in [0, 0.05) is 17.7 Å². The van der Waals surface area contributed by atoms with Gasteiger partial charge in [0.15, 0.2) is 0 Å². The number of ether oxygens (including phenoxy) is 2. The fourth-order valence-corrected chi connectivity index (χ4v) is 4.25. The summed E-state index contributed by atoms with van der Waals surface area (Å²) >= 11 is 0. The summed E-state index contributed by atoms with van der Waals surface area (Å²) < 4.78 is 17.6. The Morgan fingerprint density at radius 2 is 1.06 bits per heavy atom. The molecule has 0 saturated heterocycles. The molecular formula is C31H27O3+. The van der Waals surface area contributed by atoms with Gasteiger partial charge in [-0.2, -0.15) is 0 Å². The second kappa shape index (κ2) is 9.80. The molecule has 5 rings (SSSR count). The molecule has 0 atom stereocenters. The van der Waals surface area contributed by atoms with Gasteiger partial charge in [-0.15, -0.1) is 0 Å². The van der Waals surface area contributed by atoms with E-state index in [0.717, 1.165) is 55.7 Å². The summed E-state index contributed by atoms with van der Waals surface area (Å²) in [6, 6.07) is 33.0. The van der Waals surface area contributed by atoms with Crippen LogP contribution in [0.4, 0.5) is 0 Å². The Balaban J connectivity index is 1.74. The SMILES string of the molecule is CCOc1ccc(C(=Cc2c3ccccc3[o+]c3ccccc23)c2ccc(OCC)cc2)cc1. The molecule has 0 bridgehead atoms. The first-order valence-corrected chi connectivity index (χ1v) is 11.7. The van der Waals surface area contributed by atoms with E-state index < -0.39 is 0 Å². The highest BCUT2D eigenvalue weighted by Gasteiger charge is 2.18. The number of rotatable bonds is 7. The van der Waals surface area contributed by atoms with Crippen LogP contribution in [0.15, 0.2) is 101 Å². The molecule has 4 aromatic carbocycles. The molecule has 3 heteroatoms. The first-order chi connectivity index (χ1) is 16.8. The Bertz CT molecular complexity index is 1340. The second-order valence-corrected chi connectivity index (χ2v) is 7.98. The molecule has 3 nitrogen and oxygen atoms in total. The molecule has 0 aliphatic heterocycles. The zero-order valence-corrected chi connectivity index (χ0v) is 19.5. The van der Waals surface area contributed by atoms with Crippen molar-refractivity contribution in [1.82, 2.24) is 0 Å². The molecule has 0 spiro atoms. The molecule has 1 aromatic heterocycles. The van der Waals surface area contributed by atoms with Crippen LogP contribution in [0.3, 0.4) is 0 Å². The van der Waals surface area contributed by atoms with Gasteiger partial charge in [0.25, 0.3) is 0 Å². The predicted octanol–water partition coefficient (Wildman–Crippen LogP) is 8.25. The third kappa shape index (κ3) is 4.38. The van der Waals surface area contributed by atoms with Crippen LogP contribution < -0.4 is 9.47 Å². The lowest BCUT2D eigenvalue weighted by molar-refractivity contribution is 0.340. The van der Waals surface area contributed by atoms with Crippen LogP contribution in [0.2, 0.25) is 0 Å². The summed E-state index contributed by atoms with van der Waals surface area (Å²) in [4.78, 5) is 0. The number of para-hydroxylation sites is 2. The Hall–Kier alpha value is -4.11. The Morgan fingerprint density at radius 1 is 0.618 bits per heavy atom. The van der Waals surface area contributed by atoms with Crippen molar-refractivity contribution in [3.05, 3.63) is 114 Å². The van der Waals surface area contributed by atoms with Gasteiger partial charge >= 0.3 is 11.2 Å². The van der Waals surface area contributed by atoms with E-state index in [-0.39, 0.29) is 0 Å². The molecule has 1 heterocycles. The molecule has 168 valence electrons. The number of hydrogen-bond acceptors (Lipinski definition) is 2. The zero-order chi connectivity index (χ0) is 23.3. The average Bonchev–Trinajstić information content (AvgIpc) is 2.88. The van der Waals surface area contributed by atoms with Crippen molar-refractivity contribution in [1.29, 1.82) is 0 Å². The molecule has 5 aromatic rings. The minimum atomic E-state index is 0.645. The quantitative estimate of drug-likeness (QED) is 0.186. The van der Waals surface area contributed by atoms with E-state index in [2.05, 4.69) is 54.6 Å². The predicted molar refractivity (Wildman–Crippen MR) is 140 cm³/mol. The number of hydrogen-bond donors (Lipinski definition) is 0. The van der Waals surface area contributed by atoms with Crippen LogP contribution in [0, 0.1) is 0 Å². The third-order valence-electron chi connectivity index (χ3n) is 5.82. The molecular weight excluding hydrogens is 420 g/mol. The van der Waals surface area contributed by atoms with Crippen LogP contribution >= 0.6 is 0 Å². The fourth-order valence-electron chi connectivity index (χ4n) is 4.25. The van der Waals surface area contributed by atoms with Crippen molar-refractivity contribution < 1.29 is 13.9 Å². The fraction of sp³-hybridized carbons (Fsp3) is 0.129. The molecule has 0 saturated carbocycles. The molecule has 0 fully saturated rings. The van der Waals surface area contributed by atoms with Crippen molar-refractivity contribution >= 4 is 33.6 Å². The second-order valence-electron chi connectivity index (χ2n) is 7.98. The summed E-state index contributed by atoms with van der Waals surface area (Å²) in [5.41, 5.74) is 6.21. The van der Waals surface area contributed by atoms with E-state index >= 15 is 0 Å². The van der Waals surface area contributed by atoms with Crippen LogP contribution in [-0.4, -0.2) is 13.2 Å². The molecule has 0 aliphatic rings. The van der Waals surface area contributed by atoms with Gasteiger partial charge in [0.05, 0.1) is 24.0 Å². The highest BCUT2D eigenvalue weighted by Crippen LogP contribution is 2.35. The number of fused-ring (bicyclic) bond motifs is 2. The van der Waals surface area contributed by atoms with E-state index in [4.69, 9.17) is 13.9 Å². The largest absolute Gasteiger partial charge is 0.494 e. The van der Waals surface area contributed by atoms with E-state index in [0.29, 0.717) is 13.2 Å². The molecule has 34 heavy (non-hydrogen) atoms. The normalized spacial score (nSPS) is 10.9. The van der Waals surface area contributed by atoms with Gasteiger partial charge < -0.3 is 9.47 Å². The highest BCUT2D eigenvalue weighted by molar-refractivity contribution is 6.06. The van der Waals surface area contributed by atoms with E-state index in [1.807, 2.05) is 62.4 Å². The molecule has 0 unspecified atom stereocenters. The Labute approximate surface area is 199 Å². The van der Waals surface area contributed by atoms with E-state index in [1.54, 1.807) is 0 Å². The van der Waals surface area contributed by atoms with Crippen LogP contribution in [0.25, 0.3) is 33.6 Å². The summed E-state index contributed by atoms with van der Waals surface area (Å²) in [5, 5.41) is 2.16. The topological polar surface area (TPSA) is 29.8 Å². The van der Waals surface area contributed by atoms with Crippen molar-refractivity contribution in [2.24, 2.45) is 0 Å². The third-order valence-corrected chi connectivity index (χ3v) is 5.82. The lowest BCUT2D eigenvalue weighted by Gasteiger charge is -2.12. The summed E-state index contributed by atoms with van der Waals surface area (Å²) in [6.45, 7) is 5.28. The maximum absolute atomic E-state index is 6.20. The first kappa shape index (κ1) is 21.7. The molecule has 0 N–H and O–H groups in total. The van der Waals surface area contributed by atoms with Crippen molar-refractivity contribution in [2.75, 3.05) is 13.2 Å². The van der Waals surface area contributed by atoms with Crippen molar-refractivity contribution in [2.45, 2.75) is 13.8 Å². The van der Waals surface area contributed by atoms with Gasteiger partial charge in [-0.1, -0.05) is 48.5 Å². The van der Waals surface area contributed by atoms with E-state index in [9.17, 15) is 0 Å². The molecule has 0 radical (unpaired) electrons. The van der Waals surface area contributed by atoms with Crippen molar-refractivity contribution in [3.8, 4) is 11.5 Å². The zero-order valence-electron chi connectivity index (χ0n) is 19.5. The molecule has 0 aliphatic carbocycles. The smallest absolute Gasteiger partial charge is 0.361 e. The number of benzene rings is 4. The lowest BCUT2D eigenvalue weighted by atomic mass is 9.93. The van der Waals surface area contributed by atoms with Gasteiger partial charge in [-0.05, 0) is 73.0 Å². The summed E-state index contributed by atoms with van der Waals surface area (Å²) in [6.07, 6.45) is 2.27. The lowest BCUT2D eigenvalue weighted by Crippen LogP contribution is -1.94. The van der Waals surface area contributed by atoms with Crippen LogP contribution in [0.1, 0.15) is 30.5 Å². The average molecular weight is 448 g/mol. The van der Waals surface area contributed by atoms with Gasteiger partial charge in [0.1, 0.15) is 11.5 Å². The first-order valence-electron chi connectivity index (χ1n) is 11.7. The van der Waals surface area contributed by atoms with Crippen LogP contribution in [-0.2, 0) is 0 Å². The Morgan fingerprint density at radius 3 is 1.50 bits per heavy atom. The van der Waals surface area contributed by atoms with Gasteiger partial charge in [0.2, 0.25) is 0 Å². The summed E-state index contributed by atoms with van der Waals surface area (Å²) in [7, 11) is 0. The van der Waals surface area contributed by atoms with Crippen LogP contribution in [0.5, 0.6) is 11.5 Å².